The second-order valence-corrected chi connectivity index (χ2v) is 2.82. The molecular weight excluding hydrogens is 124 g/mol. The van der Waals surface area contributed by atoms with Gasteiger partial charge in [0, 0.05) is 19.1 Å². The minimum atomic E-state index is 0.623. The zero-order chi connectivity index (χ0) is 7.40. The van der Waals surface area contributed by atoms with Gasteiger partial charge in [-0.1, -0.05) is 6.08 Å². The molecule has 0 saturated carbocycles. The van der Waals surface area contributed by atoms with Gasteiger partial charge in [0.05, 0.1) is 0 Å². The molecule has 0 spiro atoms. The van der Waals surface area contributed by atoms with Crippen LogP contribution in [0, 0.1) is 0 Å². The van der Waals surface area contributed by atoms with E-state index in [1.807, 2.05) is 6.08 Å². The van der Waals surface area contributed by atoms with Gasteiger partial charge < -0.3 is 5.73 Å². The van der Waals surface area contributed by atoms with Gasteiger partial charge in [0.2, 0.25) is 0 Å². The Hall–Kier alpha value is -0.340. The first kappa shape index (κ1) is 7.76. The Balaban J connectivity index is 2.34. The summed E-state index contributed by atoms with van der Waals surface area (Å²) in [5.41, 5.74) is 5.58. The molecule has 1 heterocycles. The van der Waals surface area contributed by atoms with Crippen LogP contribution in [0.15, 0.2) is 12.7 Å². The van der Waals surface area contributed by atoms with Crippen LogP contribution in [0.2, 0.25) is 0 Å². The van der Waals surface area contributed by atoms with Crippen molar-refractivity contribution in [2.75, 3.05) is 19.6 Å². The van der Waals surface area contributed by atoms with Crippen molar-refractivity contribution >= 4 is 0 Å². The van der Waals surface area contributed by atoms with E-state index in [1.54, 1.807) is 0 Å². The maximum Gasteiger partial charge on any atom is 0.0222 e. The molecule has 2 nitrogen and oxygen atoms in total. The normalized spacial score (nSPS) is 27.1. The third kappa shape index (κ3) is 1.58. The molecule has 1 aliphatic heterocycles. The van der Waals surface area contributed by atoms with E-state index in [-0.39, 0.29) is 0 Å². The average molecular weight is 140 g/mol. The van der Waals surface area contributed by atoms with Crippen LogP contribution < -0.4 is 5.73 Å². The minimum absolute atomic E-state index is 0.623. The predicted molar refractivity (Wildman–Crippen MR) is 43.8 cm³/mol. The van der Waals surface area contributed by atoms with Gasteiger partial charge in [-0.25, -0.2) is 0 Å². The van der Waals surface area contributed by atoms with Crippen LogP contribution in [0.4, 0.5) is 0 Å². The van der Waals surface area contributed by atoms with Crippen molar-refractivity contribution in [3.05, 3.63) is 12.7 Å². The highest BCUT2D eigenvalue weighted by Crippen LogP contribution is 2.14. The molecule has 0 aliphatic carbocycles. The lowest BCUT2D eigenvalue weighted by Gasteiger charge is -2.20. The van der Waals surface area contributed by atoms with Crippen LogP contribution in [0.1, 0.15) is 12.8 Å². The van der Waals surface area contributed by atoms with Crippen LogP contribution in [-0.4, -0.2) is 30.6 Å². The van der Waals surface area contributed by atoms with Crippen molar-refractivity contribution in [2.24, 2.45) is 5.73 Å². The number of nitrogens with zero attached hydrogens (tertiary/aromatic N) is 1. The largest absolute Gasteiger partial charge is 0.329 e. The van der Waals surface area contributed by atoms with E-state index in [9.17, 15) is 0 Å². The Morgan fingerprint density at radius 3 is 3.10 bits per heavy atom. The van der Waals surface area contributed by atoms with E-state index in [4.69, 9.17) is 5.73 Å². The molecule has 2 heteroatoms. The van der Waals surface area contributed by atoms with Crippen molar-refractivity contribution in [3.8, 4) is 0 Å². The van der Waals surface area contributed by atoms with Crippen LogP contribution in [-0.2, 0) is 0 Å². The summed E-state index contributed by atoms with van der Waals surface area (Å²) in [6.45, 7) is 6.71. The third-order valence-electron chi connectivity index (χ3n) is 2.13. The van der Waals surface area contributed by atoms with Crippen molar-refractivity contribution in [3.63, 3.8) is 0 Å². The lowest BCUT2D eigenvalue weighted by Crippen LogP contribution is -2.35. The van der Waals surface area contributed by atoms with Crippen molar-refractivity contribution < 1.29 is 0 Å². The number of nitrogens with two attached hydrogens (primary N) is 1. The van der Waals surface area contributed by atoms with E-state index in [2.05, 4.69) is 11.5 Å². The van der Waals surface area contributed by atoms with Gasteiger partial charge in [0.1, 0.15) is 0 Å². The van der Waals surface area contributed by atoms with Gasteiger partial charge in [-0.05, 0) is 19.4 Å². The highest BCUT2D eigenvalue weighted by atomic mass is 15.2. The molecule has 58 valence electrons. The SMILES string of the molecule is C=CCN1CCC[C@H]1CN. The van der Waals surface area contributed by atoms with E-state index in [0.29, 0.717) is 6.04 Å². The molecule has 1 rings (SSSR count). The van der Waals surface area contributed by atoms with Gasteiger partial charge in [-0.3, -0.25) is 4.90 Å². The summed E-state index contributed by atoms with van der Waals surface area (Å²) in [5.74, 6) is 0. The summed E-state index contributed by atoms with van der Waals surface area (Å²) in [7, 11) is 0. The lowest BCUT2D eigenvalue weighted by atomic mass is 10.2. The molecule has 1 saturated heterocycles. The number of rotatable bonds is 3. The predicted octanol–water partition coefficient (Wildman–Crippen LogP) is 0.596. The van der Waals surface area contributed by atoms with E-state index in [0.717, 1.165) is 13.1 Å². The topological polar surface area (TPSA) is 29.3 Å². The standard InChI is InChI=1S/C8H16N2/c1-2-5-10-6-3-4-8(10)7-9/h2,8H,1,3-7,9H2/t8-/m0/s1. The van der Waals surface area contributed by atoms with E-state index < -0.39 is 0 Å². The highest BCUT2D eigenvalue weighted by molar-refractivity contribution is 4.84. The second kappa shape index (κ2) is 3.74. The Morgan fingerprint density at radius 1 is 1.70 bits per heavy atom. The van der Waals surface area contributed by atoms with Crippen molar-refractivity contribution in [1.29, 1.82) is 0 Å². The Kier molecular flexibility index (Phi) is 2.90. The monoisotopic (exact) mass is 140 g/mol. The Morgan fingerprint density at radius 2 is 2.50 bits per heavy atom. The number of hydrogen-bond donors (Lipinski definition) is 1. The molecule has 0 radical (unpaired) electrons. The summed E-state index contributed by atoms with van der Waals surface area (Å²) >= 11 is 0. The van der Waals surface area contributed by atoms with Gasteiger partial charge in [0.25, 0.3) is 0 Å². The van der Waals surface area contributed by atoms with Crippen LogP contribution in [0.25, 0.3) is 0 Å². The average Bonchev–Trinajstić information content (AvgIpc) is 2.36. The summed E-state index contributed by atoms with van der Waals surface area (Å²) in [5, 5.41) is 0. The van der Waals surface area contributed by atoms with Crippen molar-refractivity contribution in [2.45, 2.75) is 18.9 Å². The smallest absolute Gasteiger partial charge is 0.0222 e. The zero-order valence-corrected chi connectivity index (χ0v) is 6.42. The van der Waals surface area contributed by atoms with Gasteiger partial charge in [-0.2, -0.15) is 0 Å². The Bertz CT molecular complexity index is 112. The molecule has 1 fully saturated rings. The molecule has 0 unspecified atom stereocenters. The maximum absolute atomic E-state index is 5.58. The first-order valence-electron chi connectivity index (χ1n) is 3.93. The fourth-order valence-corrected chi connectivity index (χ4v) is 1.57. The molecule has 0 aromatic rings. The van der Waals surface area contributed by atoms with Crippen LogP contribution >= 0.6 is 0 Å². The fraction of sp³-hybridized carbons (Fsp3) is 0.750. The summed E-state index contributed by atoms with van der Waals surface area (Å²) in [6.07, 6.45) is 4.52. The third-order valence-corrected chi connectivity index (χ3v) is 2.13. The van der Waals surface area contributed by atoms with E-state index in [1.165, 1.54) is 19.4 Å². The highest BCUT2D eigenvalue weighted by Gasteiger charge is 2.20. The molecule has 2 N–H and O–H groups in total. The summed E-state index contributed by atoms with van der Waals surface area (Å²) in [6, 6.07) is 0.623. The van der Waals surface area contributed by atoms with Crippen LogP contribution in [0.5, 0.6) is 0 Å². The molecule has 1 atom stereocenters. The first-order valence-corrected chi connectivity index (χ1v) is 3.93. The lowest BCUT2D eigenvalue weighted by molar-refractivity contribution is 0.286. The van der Waals surface area contributed by atoms with Crippen LogP contribution in [0.3, 0.4) is 0 Å². The molecule has 0 aromatic carbocycles. The van der Waals surface area contributed by atoms with Gasteiger partial charge >= 0.3 is 0 Å². The molecule has 0 aromatic heterocycles. The summed E-state index contributed by atoms with van der Waals surface area (Å²) in [4.78, 5) is 2.40. The minimum Gasteiger partial charge on any atom is -0.329 e. The molecule has 1 aliphatic rings. The quantitative estimate of drug-likeness (QED) is 0.581. The molecule has 0 amide bonds. The van der Waals surface area contributed by atoms with Gasteiger partial charge in [0.15, 0.2) is 0 Å². The van der Waals surface area contributed by atoms with Crippen molar-refractivity contribution in [1.82, 2.24) is 4.90 Å². The Labute approximate surface area is 62.7 Å². The van der Waals surface area contributed by atoms with Gasteiger partial charge in [-0.15, -0.1) is 6.58 Å². The zero-order valence-electron chi connectivity index (χ0n) is 6.42. The summed E-state index contributed by atoms with van der Waals surface area (Å²) < 4.78 is 0. The fourth-order valence-electron chi connectivity index (χ4n) is 1.57. The van der Waals surface area contributed by atoms with E-state index >= 15 is 0 Å². The molecular formula is C8H16N2. The second-order valence-electron chi connectivity index (χ2n) is 2.82. The first-order chi connectivity index (χ1) is 4.88. The number of likely N-dealkylation sites (tertiary alicyclic amines) is 1. The maximum atomic E-state index is 5.58. The molecule has 10 heavy (non-hydrogen) atoms. The molecule has 0 bridgehead atoms. The number of hydrogen-bond acceptors (Lipinski definition) is 2.